The highest BCUT2D eigenvalue weighted by molar-refractivity contribution is 7.09. The Bertz CT molecular complexity index is 488. The molecule has 1 unspecified atom stereocenters. The average molecular weight is 262 g/mol. The van der Waals surface area contributed by atoms with Gasteiger partial charge < -0.3 is 9.64 Å². The van der Waals surface area contributed by atoms with Crippen molar-refractivity contribution in [2.45, 2.75) is 32.5 Å². The Morgan fingerprint density at radius 2 is 2.28 bits per heavy atom. The van der Waals surface area contributed by atoms with E-state index in [1.807, 2.05) is 5.51 Å². The van der Waals surface area contributed by atoms with E-state index in [4.69, 9.17) is 4.74 Å². The highest BCUT2D eigenvalue weighted by Crippen LogP contribution is 2.37. The molecule has 0 saturated heterocycles. The van der Waals surface area contributed by atoms with E-state index in [0.29, 0.717) is 12.5 Å². The minimum atomic E-state index is 0.153. The number of aromatic nitrogens is 1. The van der Waals surface area contributed by atoms with E-state index in [9.17, 15) is 0 Å². The van der Waals surface area contributed by atoms with E-state index in [1.165, 1.54) is 16.3 Å². The van der Waals surface area contributed by atoms with E-state index < -0.39 is 0 Å². The van der Waals surface area contributed by atoms with E-state index in [-0.39, 0.29) is 6.10 Å². The molecule has 2 heterocycles. The van der Waals surface area contributed by atoms with Gasteiger partial charge in [-0.05, 0) is 26.0 Å². The first-order chi connectivity index (χ1) is 8.83. The normalized spacial score (nSPS) is 25.3. The predicted octanol–water partition coefficient (Wildman–Crippen LogP) is 2.92. The van der Waals surface area contributed by atoms with Crippen molar-refractivity contribution in [3.63, 3.8) is 0 Å². The summed E-state index contributed by atoms with van der Waals surface area (Å²) in [7, 11) is 0. The number of thiazole rings is 1. The molecule has 2 aliphatic rings. The molecule has 4 heteroatoms. The maximum Gasteiger partial charge on any atom is 0.0902 e. The molecule has 2 atom stereocenters. The van der Waals surface area contributed by atoms with Gasteiger partial charge in [0, 0.05) is 18.8 Å². The van der Waals surface area contributed by atoms with Crippen LogP contribution in [0.25, 0.3) is 0 Å². The summed E-state index contributed by atoms with van der Waals surface area (Å²) in [6.07, 6.45) is 6.86. The van der Waals surface area contributed by atoms with Gasteiger partial charge in [-0.2, -0.15) is 0 Å². The molecule has 1 aliphatic heterocycles. The van der Waals surface area contributed by atoms with Crippen LogP contribution < -0.4 is 0 Å². The van der Waals surface area contributed by atoms with Gasteiger partial charge in [-0.1, -0.05) is 6.08 Å². The first-order valence-electron chi connectivity index (χ1n) is 6.52. The molecule has 0 aromatic carbocycles. The van der Waals surface area contributed by atoms with E-state index in [0.717, 1.165) is 13.1 Å². The zero-order valence-corrected chi connectivity index (χ0v) is 11.6. The third-order valence-electron chi connectivity index (χ3n) is 3.69. The topological polar surface area (TPSA) is 25.4 Å². The van der Waals surface area contributed by atoms with Crippen LogP contribution in [0, 0.1) is 0 Å². The molecule has 1 aliphatic carbocycles. The van der Waals surface area contributed by atoms with Gasteiger partial charge in [-0.15, -0.1) is 11.3 Å². The Kier molecular flexibility index (Phi) is 3.22. The van der Waals surface area contributed by atoms with Crippen LogP contribution in [0.3, 0.4) is 0 Å². The maximum atomic E-state index is 5.95. The largest absolute Gasteiger partial charge is 0.372 e. The number of likely N-dealkylation sites (N-methyl/N-ethyl adjacent to an activating group) is 1. The molecule has 0 radical (unpaired) electrons. The molecule has 3 nitrogen and oxygen atoms in total. The van der Waals surface area contributed by atoms with Gasteiger partial charge in [0.15, 0.2) is 0 Å². The lowest BCUT2D eigenvalue weighted by Crippen LogP contribution is -2.30. The SMILES string of the molecule is CCN(CC)C1=C[C@H]2OCc3scnc3C2C=C1. The monoisotopic (exact) mass is 262 g/mol. The van der Waals surface area contributed by atoms with Crippen LogP contribution >= 0.6 is 11.3 Å². The van der Waals surface area contributed by atoms with Crippen molar-refractivity contribution in [3.8, 4) is 0 Å². The quantitative estimate of drug-likeness (QED) is 0.837. The second kappa shape index (κ2) is 4.86. The van der Waals surface area contributed by atoms with Gasteiger partial charge in [-0.3, -0.25) is 0 Å². The zero-order valence-electron chi connectivity index (χ0n) is 10.8. The Morgan fingerprint density at radius 3 is 3.06 bits per heavy atom. The average Bonchev–Trinajstić information content (AvgIpc) is 2.88. The van der Waals surface area contributed by atoms with Crippen LogP contribution in [0.15, 0.2) is 29.4 Å². The van der Waals surface area contributed by atoms with Gasteiger partial charge in [0.2, 0.25) is 0 Å². The summed E-state index contributed by atoms with van der Waals surface area (Å²) in [6.45, 7) is 7.14. The van der Waals surface area contributed by atoms with Crippen LogP contribution in [0.1, 0.15) is 30.3 Å². The Hall–Kier alpha value is -1.13. The third-order valence-corrected chi connectivity index (χ3v) is 4.51. The number of hydrogen-bond donors (Lipinski definition) is 0. The third kappa shape index (κ3) is 1.89. The molecule has 0 fully saturated rings. The summed E-state index contributed by atoms with van der Waals surface area (Å²) in [5.74, 6) is 0.305. The van der Waals surface area contributed by atoms with Crippen molar-refractivity contribution in [3.05, 3.63) is 40.0 Å². The Balaban J connectivity index is 1.87. The summed E-state index contributed by atoms with van der Waals surface area (Å²) < 4.78 is 5.95. The van der Waals surface area contributed by atoms with Crippen LogP contribution in [-0.4, -0.2) is 29.1 Å². The van der Waals surface area contributed by atoms with Gasteiger partial charge >= 0.3 is 0 Å². The standard InChI is InChI=1S/C14H18N2OS/c1-3-16(4-2)10-5-6-11-12(7-10)17-8-13-14(11)15-9-18-13/h5-7,9,11-12H,3-4,8H2,1-2H3/t11?,12-/m1/s1. The van der Waals surface area contributed by atoms with Crippen molar-refractivity contribution in [2.24, 2.45) is 0 Å². The summed E-state index contributed by atoms with van der Waals surface area (Å²) in [6, 6.07) is 0. The number of fused-ring (bicyclic) bond motifs is 3. The van der Waals surface area contributed by atoms with E-state index in [2.05, 4.69) is 42.0 Å². The zero-order chi connectivity index (χ0) is 12.5. The summed E-state index contributed by atoms with van der Waals surface area (Å²) in [5, 5.41) is 0. The molecule has 1 aromatic rings. The van der Waals surface area contributed by atoms with Gasteiger partial charge in [0.25, 0.3) is 0 Å². The van der Waals surface area contributed by atoms with Crippen molar-refractivity contribution >= 4 is 11.3 Å². The molecular weight excluding hydrogens is 244 g/mol. The maximum absolute atomic E-state index is 5.95. The lowest BCUT2D eigenvalue weighted by Gasteiger charge is -2.33. The predicted molar refractivity (Wildman–Crippen MR) is 73.6 cm³/mol. The molecule has 0 spiro atoms. The van der Waals surface area contributed by atoms with Gasteiger partial charge in [0.05, 0.1) is 34.7 Å². The van der Waals surface area contributed by atoms with E-state index in [1.54, 1.807) is 11.3 Å². The summed E-state index contributed by atoms with van der Waals surface area (Å²) >= 11 is 1.70. The molecule has 0 bridgehead atoms. The Morgan fingerprint density at radius 1 is 1.44 bits per heavy atom. The van der Waals surface area contributed by atoms with Crippen LogP contribution in [0.2, 0.25) is 0 Å². The molecule has 0 amide bonds. The smallest absolute Gasteiger partial charge is 0.0902 e. The number of rotatable bonds is 3. The highest BCUT2D eigenvalue weighted by atomic mass is 32.1. The van der Waals surface area contributed by atoms with Crippen molar-refractivity contribution in [1.29, 1.82) is 0 Å². The lowest BCUT2D eigenvalue weighted by molar-refractivity contribution is 0.0475. The van der Waals surface area contributed by atoms with Crippen molar-refractivity contribution < 1.29 is 4.74 Å². The van der Waals surface area contributed by atoms with Gasteiger partial charge in [-0.25, -0.2) is 4.98 Å². The minimum Gasteiger partial charge on any atom is -0.372 e. The highest BCUT2D eigenvalue weighted by Gasteiger charge is 2.32. The molecule has 0 N–H and O–H groups in total. The fourth-order valence-electron chi connectivity index (χ4n) is 2.67. The number of nitrogens with zero attached hydrogens (tertiary/aromatic N) is 2. The summed E-state index contributed by atoms with van der Waals surface area (Å²) in [5.41, 5.74) is 4.41. The Labute approximate surface area is 112 Å². The number of allylic oxidation sites excluding steroid dienone is 1. The van der Waals surface area contributed by atoms with Crippen LogP contribution in [-0.2, 0) is 11.3 Å². The lowest BCUT2D eigenvalue weighted by atomic mass is 9.90. The van der Waals surface area contributed by atoms with Crippen LogP contribution in [0.4, 0.5) is 0 Å². The number of hydrogen-bond acceptors (Lipinski definition) is 4. The fraction of sp³-hybridized carbons (Fsp3) is 0.500. The second-order valence-corrected chi connectivity index (χ2v) is 5.52. The first kappa shape index (κ1) is 11.9. The molecule has 0 saturated carbocycles. The van der Waals surface area contributed by atoms with Crippen molar-refractivity contribution in [1.82, 2.24) is 9.88 Å². The molecule has 3 rings (SSSR count). The van der Waals surface area contributed by atoms with E-state index >= 15 is 0 Å². The fourth-order valence-corrected chi connectivity index (χ4v) is 3.41. The van der Waals surface area contributed by atoms with Crippen molar-refractivity contribution in [2.75, 3.05) is 13.1 Å². The minimum absolute atomic E-state index is 0.153. The first-order valence-corrected chi connectivity index (χ1v) is 7.40. The molecule has 18 heavy (non-hydrogen) atoms. The van der Waals surface area contributed by atoms with Gasteiger partial charge in [0.1, 0.15) is 0 Å². The molecule has 96 valence electrons. The molecular formula is C14H18N2OS. The number of ether oxygens (including phenoxy) is 1. The summed E-state index contributed by atoms with van der Waals surface area (Å²) in [4.78, 5) is 8.13. The second-order valence-electron chi connectivity index (χ2n) is 4.59. The van der Waals surface area contributed by atoms with Crippen LogP contribution in [0.5, 0.6) is 0 Å². The molecule has 1 aromatic heterocycles.